The van der Waals surface area contributed by atoms with E-state index in [0.717, 1.165) is 28.3 Å². The third-order valence-corrected chi connectivity index (χ3v) is 4.04. The fourth-order valence-corrected chi connectivity index (χ4v) is 2.74. The number of nitrogens with zero attached hydrogens (tertiary/aromatic N) is 2. The van der Waals surface area contributed by atoms with E-state index in [2.05, 4.69) is 10.4 Å². The van der Waals surface area contributed by atoms with Crippen molar-refractivity contribution in [1.29, 1.82) is 0 Å². The van der Waals surface area contributed by atoms with Crippen molar-refractivity contribution in [3.63, 3.8) is 0 Å². The average molecular weight is 367 g/mol. The van der Waals surface area contributed by atoms with Gasteiger partial charge in [0.05, 0.1) is 31.2 Å². The summed E-state index contributed by atoms with van der Waals surface area (Å²) in [6, 6.07) is 15.4. The molecular formula is C20H21N3O4. The van der Waals surface area contributed by atoms with Gasteiger partial charge in [-0.05, 0) is 61.0 Å². The number of carbonyl (C=O) groups is 1. The van der Waals surface area contributed by atoms with Crippen LogP contribution in [0, 0.1) is 6.92 Å². The largest absolute Gasteiger partial charge is 0.497 e. The van der Waals surface area contributed by atoms with Crippen molar-refractivity contribution in [2.75, 3.05) is 20.3 Å². The predicted octanol–water partition coefficient (Wildman–Crippen LogP) is 3.50. The second kappa shape index (κ2) is 8.27. The highest BCUT2D eigenvalue weighted by Gasteiger charge is 2.12. The lowest BCUT2D eigenvalue weighted by Crippen LogP contribution is -2.26. The van der Waals surface area contributed by atoms with Gasteiger partial charge in [0.25, 0.3) is 0 Å². The molecule has 0 aliphatic heterocycles. The van der Waals surface area contributed by atoms with Crippen molar-refractivity contribution < 1.29 is 19.4 Å². The maximum Gasteiger partial charge on any atom is 0.404 e. The number of aromatic nitrogens is 2. The number of hydrogen-bond acceptors (Lipinski definition) is 4. The van der Waals surface area contributed by atoms with E-state index in [-0.39, 0.29) is 13.2 Å². The van der Waals surface area contributed by atoms with E-state index in [4.69, 9.17) is 14.6 Å². The summed E-state index contributed by atoms with van der Waals surface area (Å²) in [6.45, 7) is 2.53. The first-order valence-electron chi connectivity index (χ1n) is 8.47. The molecule has 1 amide bonds. The molecule has 27 heavy (non-hydrogen) atoms. The molecule has 7 nitrogen and oxygen atoms in total. The molecule has 0 aliphatic rings. The molecule has 0 saturated heterocycles. The van der Waals surface area contributed by atoms with Crippen molar-refractivity contribution in [2.24, 2.45) is 0 Å². The van der Waals surface area contributed by atoms with Gasteiger partial charge in [-0.1, -0.05) is 0 Å². The molecule has 3 rings (SSSR count). The zero-order chi connectivity index (χ0) is 19.2. The van der Waals surface area contributed by atoms with E-state index < -0.39 is 6.09 Å². The third kappa shape index (κ3) is 4.38. The lowest BCUT2D eigenvalue weighted by molar-refractivity contribution is 0.191. The number of ether oxygens (including phenoxy) is 2. The van der Waals surface area contributed by atoms with Crippen molar-refractivity contribution >= 4 is 6.09 Å². The highest BCUT2D eigenvalue weighted by Crippen LogP contribution is 2.28. The highest BCUT2D eigenvalue weighted by molar-refractivity contribution is 5.66. The normalized spacial score (nSPS) is 10.4. The molecule has 0 fully saturated rings. The molecule has 0 spiro atoms. The number of aryl methyl sites for hydroxylation is 1. The van der Waals surface area contributed by atoms with Crippen LogP contribution in [0.5, 0.6) is 11.5 Å². The van der Waals surface area contributed by atoms with Gasteiger partial charge in [0, 0.05) is 5.56 Å². The van der Waals surface area contributed by atoms with E-state index in [1.54, 1.807) is 7.11 Å². The van der Waals surface area contributed by atoms with Crippen LogP contribution in [0.1, 0.15) is 5.56 Å². The Morgan fingerprint density at radius 2 is 1.78 bits per heavy atom. The molecule has 140 valence electrons. The van der Waals surface area contributed by atoms with Crippen LogP contribution in [0.3, 0.4) is 0 Å². The molecule has 0 saturated carbocycles. The summed E-state index contributed by atoms with van der Waals surface area (Å²) >= 11 is 0. The molecular weight excluding hydrogens is 346 g/mol. The lowest BCUT2D eigenvalue weighted by Gasteiger charge is -2.11. The minimum atomic E-state index is -1.06. The zero-order valence-corrected chi connectivity index (χ0v) is 15.2. The fourth-order valence-electron chi connectivity index (χ4n) is 2.74. The molecule has 3 aromatic rings. The number of amides is 1. The molecule has 0 bridgehead atoms. The third-order valence-electron chi connectivity index (χ3n) is 4.04. The summed E-state index contributed by atoms with van der Waals surface area (Å²) in [5.74, 6) is 1.47. The summed E-state index contributed by atoms with van der Waals surface area (Å²) < 4.78 is 12.6. The average Bonchev–Trinajstić information content (AvgIpc) is 3.07. The Morgan fingerprint density at radius 1 is 1.11 bits per heavy atom. The Balaban J connectivity index is 1.78. The smallest absolute Gasteiger partial charge is 0.404 e. The van der Waals surface area contributed by atoms with Gasteiger partial charge in [-0.3, -0.25) is 0 Å². The number of carboxylic acid groups (broad SMARTS) is 1. The molecule has 0 aliphatic carbocycles. The van der Waals surface area contributed by atoms with Crippen LogP contribution >= 0.6 is 0 Å². The number of hydrogen-bond donors (Lipinski definition) is 2. The summed E-state index contributed by atoms with van der Waals surface area (Å²) in [6.07, 6.45) is 0.776. The Labute approximate surface area is 157 Å². The second-order valence-corrected chi connectivity index (χ2v) is 5.89. The summed E-state index contributed by atoms with van der Waals surface area (Å²) in [5.41, 5.74) is 4.01. The monoisotopic (exact) mass is 367 g/mol. The zero-order valence-electron chi connectivity index (χ0n) is 15.2. The highest BCUT2D eigenvalue weighted by atomic mass is 16.5. The van der Waals surface area contributed by atoms with Crippen LogP contribution in [-0.4, -0.2) is 41.2 Å². The van der Waals surface area contributed by atoms with Gasteiger partial charge in [0.2, 0.25) is 0 Å². The number of methoxy groups -OCH3 is 1. The van der Waals surface area contributed by atoms with Crippen molar-refractivity contribution in [3.05, 3.63) is 60.3 Å². The van der Waals surface area contributed by atoms with E-state index in [0.29, 0.717) is 5.75 Å². The number of nitrogens with one attached hydrogen (secondary N) is 1. The van der Waals surface area contributed by atoms with Crippen molar-refractivity contribution in [2.45, 2.75) is 6.92 Å². The van der Waals surface area contributed by atoms with Gasteiger partial charge in [-0.2, -0.15) is 5.10 Å². The van der Waals surface area contributed by atoms with E-state index in [1.807, 2.05) is 66.3 Å². The van der Waals surface area contributed by atoms with Crippen LogP contribution < -0.4 is 14.8 Å². The lowest BCUT2D eigenvalue weighted by atomic mass is 10.1. The van der Waals surface area contributed by atoms with E-state index >= 15 is 0 Å². The van der Waals surface area contributed by atoms with Gasteiger partial charge in [0.15, 0.2) is 0 Å². The maximum absolute atomic E-state index is 10.4. The summed E-state index contributed by atoms with van der Waals surface area (Å²) in [5, 5.41) is 15.3. The van der Waals surface area contributed by atoms with Crippen LogP contribution in [0.4, 0.5) is 4.79 Å². The minimum Gasteiger partial charge on any atom is -0.497 e. The number of benzene rings is 2. The first-order chi connectivity index (χ1) is 13.1. The van der Waals surface area contributed by atoms with Gasteiger partial charge in [-0.25, -0.2) is 9.48 Å². The van der Waals surface area contributed by atoms with Crippen LogP contribution in [0.2, 0.25) is 0 Å². The van der Waals surface area contributed by atoms with Gasteiger partial charge < -0.3 is 19.9 Å². The first kappa shape index (κ1) is 18.3. The number of rotatable bonds is 7. The minimum absolute atomic E-state index is 0.237. The molecule has 2 N–H and O–H groups in total. The topological polar surface area (TPSA) is 85.6 Å². The maximum atomic E-state index is 10.4. The quantitative estimate of drug-likeness (QED) is 0.624. The molecule has 1 aromatic heterocycles. The molecule has 0 radical (unpaired) electrons. The first-order valence-corrected chi connectivity index (χ1v) is 8.47. The van der Waals surface area contributed by atoms with Gasteiger partial charge >= 0.3 is 6.09 Å². The van der Waals surface area contributed by atoms with Crippen molar-refractivity contribution in [3.8, 4) is 28.4 Å². The Kier molecular flexibility index (Phi) is 5.61. The van der Waals surface area contributed by atoms with Gasteiger partial charge in [-0.15, -0.1) is 0 Å². The Hall–Kier alpha value is -3.48. The molecule has 1 heterocycles. The summed E-state index contributed by atoms with van der Waals surface area (Å²) in [4.78, 5) is 10.4. The van der Waals surface area contributed by atoms with Crippen LogP contribution in [0.25, 0.3) is 16.9 Å². The van der Waals surface area contributed by atoms with Crippen molar-refractivity contribution in [1.82, 2.24) is 15.1 Å². The van der Waals surface area contributed by atoms with Crippen LogP contribution in [0.15, 0.2) is 54.7 Å². The molecule has 0 atom stereocenters. The van der Waals surface area contributed by atoms with Gasteiger partial charge in [0.1, 0.15) is 18.1 Å². The fraction of sp³-hybridized carbons (Fsp3) is 0.200. The Bertz CT molecular complexity index is 902. The predicted molar refractivity (Wildman–Crippen MR) is 102 cm³/mol. The van der Waals surface area contributed by atoms with Crippen LogP contribution in [-0.2, 0) is 0 Å². The standard InChI is InChI=1S/C20H21N3O4/c1-14-13-22-23(16-5-9-17(26-2)10-6-16)19(14)15-3-7-18(8-4-15)27-12-11-21-20(24)25/h3-10,13,21H,11-12H2,1-2H3,(H,24,25). The molecule has 0 unspecified atom stereocenters. The van der Waals surface area contributed by atoms with E-state index in [1.165, 1.54) is 0 Å². The Morgan fingerprint density at radius 3 is 2.41 bits per heavy atom. The second-order valence-electron chi connectivity index (χ2n) is 5.89. The summed E-state index contributed by atoms with van der Waals surface area (Å²) in [7, 11) is 1.64. The molecule has 2 aromatic carbocycles. The SMILES string of the molecule is COc1ccc(-n2ncc(C)c2-c2ccc(OCCNC(=O)O)cc2)cc1. The van der Waals surface area contributed by atoms with E-state index in [9.17, 15) is 4.79 Å². The molecule has 7 heteroatoms.